The van der Waals surface area contributed by atoms with Gasteiger partial charge in [0.25, 0.3) is 5.91 Å². The van der Waals surface area contributed by atoms with Crippen LogP contribution in [0.4, 0.5) is 0 Å². The third kappa shape index (κ3) is 1.83. The molecule has 0 unspecified atom stereocenters. The number of hydrogen-bond donors (Lipinski definition) is 1. The summed E-state index contributed by atoms with van der Waals surface area (Å²) in [4.78, 5) is 14.2. The summed E-state index contributed by atoms with van der Waals surface area (Å²) in [7, 11) is 0. The van der Waals surface area contributed by atoms with E-state index in [1.807, 2.05) is 34.5 Å². The van der Waals surface area contributed by atoms with E-state index in [0.717, 1.165) is 23.9 Å². The first-order valence-corrected chi connectivity index (χ1v) is 6.65. The van der Waals surface area contributed by atoms with Gasteiger partial charge in [0.1, 0.15) is 0 Å². The number of hydrogen-bond acceptors (Lipinski definition) is 3. The molecule has 1 aromatic heterocycles. The molecule has 2 aromatic rings. The highest BCUT2D eigenvalue weighted by Crippen LogP contribution is 2.27. The molecule has 1 aliphatic heterocycles. The first-order chi connectivity index (χ1) is 8.25. The molecule has 1 aromatic carbocycles. The molecule has 0 spiro atoms. The summed E-state index contributed by atoms with van der Waals surface area (Å²) in [5.41, 5.74) is 6.66. The van der Waals surface area contributed by atoms with Crippen molar-refractivity contribution in [3.8, 4) is 0 Å². The van der Waals surface area contributed by atoms with Gasteiger partial charge in [0.15, 0.2) is 0 Å². The number of nitrogens with two attached hydrogens (primary N) is 1. The normalized spacial score (nSPS) is 20.1. The number of carbonyl (C=O) groups is 1. The van der Waals surface area contributed by atoms with E-state index in [2.05, 4.69) is 0 Å². The van der Waals surface area contributed by atoms with Gasteiger partial charge in [0, 0.05) is 34.6 Å². The second-order valence-corrected chi connectivity index (χ2v) is 5.36. The molecule has 17 heavy (non-hydrogen) atoms. The van der Waals surface area contributed by atoms with Crippen LogP contribution in [0.2, 0.25) is 0 Å². The number of nitrogens with zero attached hydrogens (tertiary/aromatic N) is 1. The average Bonchev–Trinajstić information content (AvgIpc) is 2.94. The highest BCUT2D eigenvalue weighted by Gasteiger charge is 2.25. The standard InChI is InChI=1S/C13H14N2OS/c14-9-5-6-15(7-9)13(16)11-8-17-12-4-2-1-3-10(11)12/h1-4,8-9H,5-7,14H2/t9-/m1/s1. The van der Waals surface area contributed by atoms with Crippen molar-refractivity contribution in [3.05, 3.63) is 35.2 Å². The molecule has 0 saturated carbocycles. The van der Waals surface area contributed by atoms with Crippen LogP contribution in [0.5, 0.6) is 0 Å². The second kappa shape index (κ2) is 4.13. The maximum atomic E-state index is 12.3. The van der Waals surface area contributed by atoms with E-state index < -0.39 is 0 Å². The molecule has 0 radical (unpaired) electrons. The Morgan fingerprint density at radius 2 is 2.24 bits per heavy atom. The van der Waals surface area contributed by atoms with Crippen LogP contribution in [0.25, 0.3) is 10.1 Å². The van der Waals surface area contributed by atoms with E-state index in [9.17, 15) is 4.79 Å². The fraction of sp³-hybridized carbons (Fsp3) is 0.308. The summed E-state index contributed by atoms with van der Waals surface area (Å²) in [6.07, 6.45) is 0.911. The van der Waals surface area contributed by atoms with Crippen molar-refractivity contribution in [2.75, 3.05) is 13.1 Å². The van der Waals surface area contributed by atoms with Crippen LogP contribution in [0, 0.1) is 0 Å². The number of thiophene rings is 1. The van der Waals surface area contributed by atoms with Gasteiger partial charge in [-0.15, -0.1) is 11.3 Å². The van der Waals surface area contributed by atoms with Crippen LogP contribution in [0.1, 0.15) is 16.8 Å². The highest BCUT2D eigenvalue weighted by molar-refractivity contribution is 7.17. The van der Waals surface area contributed by atoms with Gasteiger partial charge in [-0.3, -0.25) is 4.79 Å². The Balaban J connectivity index is 1.96. The quantitative estimate of drug-likeness (QED) is 0.837. The molecule has 1 amide bonds. The fourth-order valence-corrected chi connectivity index (χ4v) is 3.22. The van der Waals surface area contributed by atoms with Gasteiger partial charge < -0.3 is 10.6 Å². The lowest BCUT2D eigenvalue weighted by atomic mass is 10.1. The zero-order valence-corrected chi connectivity index (χ0v) is 10.2. The lowest BCUT2D eigenvalue weighted by Crippen LogP contribution is -2.31. The summed E-state index contributed by atoms with van der Waals surface area (Å²) in [6, 6.07) is 8.17. The van der Waals surface area contributed by atoms with E-state index in [0.29, 0.717) is 6.54 Å². The SMILES string of the molecule is N[C@@H]1CCN(C(=O)c2csc3ccccc23)C1. The topological polar surface area (TPSA) is 46.3 Å². The van der Waals surface area contributed by atoms with Gasteiger partial charge in [-0.05, 0) is 12.5 Å². The van der Waals surface area contributed by atoms with Gasteiger partial charge in [-0.2, -0.15) is 0 Å². The number of carbonyl (C=O) groups excluding carboxylic acids is 1. The first-order valence-electron chi connectivity index (χ1n) is 5.77. The van der Waals surface area contributed by atoms with Gasteiger partial charge in [0.05, 0.1) is 5.56 Å². The second-order valence-electron chi connectivity index (χ2n) is 4.45. The van der Waals surface area contributed by atoms with Crippen LogP contribution in [-0.2, 0) is 0 Å². The van der Waals surface area contributed by atoms with Crippen LogP contribution in [0.3, 0.4) is 0 Å². The van der Waals surface area contributed by atoms with Gasteiger partial charge in [-0.1, -0.05) is 18.2 Å². The summed E-state index contributed by atoms with van der Waals surface area (Å²) in [5.74, 6) is 0.121. The van der Waals surface area contributed by atoms with E-state index in [4.69, 9.17) is 5.73 Å². The number of fused-ring (bicyclic) bond motifs is 1. The largest absolute Gasteiger partial charge is 0.337 e. The van der Waals surface area contributed by atoms with E-state index in [1.54, 1.807) is 11.3 Å². The smallest absolute Gasteiger partial charge is 0.255 e. The molecule has 1 saturated heterocycles. The lowest BCUT2D eigenvalue weighted by molar-refractivity contribution is 0.0793. The monoisotopic (exact) mass is 246 g/mol. The van der Waals surface area contributed by atoms with Crippen molar-refractivity contribution in [2.24, 2.45) is 5.73 Å². The van der Waals surface area contributed by atoms with Gasteiger partial charge in [0.2, 0.25) is 0 Å². The Morgan fingerprint density at radius 3 is 3.00 bits per heavy atom. The summed E-state index contributed by atoms with van der Waals surface area (Å²) < 4.78 is 1.17. The molecule has 88 valence electrons. The zero-order chi connectivity index (χ0) is 11.8. The van der Waals surface area contributed by atoms with Crippen molar-refractivity contribution in [2.45, 2.75) is 12.5 Å². The Labute approximate surface area is 104 Å². The Morgan fingerprint density at radius 1 is 1.41 bits per heavy atom. The Bertz CT molecular complexity index is 563. The molecule has 3 nitrogen and oxygen atoms in total. The highest BCUT2D eigenvalue weighted by atomic mass is 32.1. The molecule has 1 aliphatic rings. The van der Waals surface area contributed by atoms with E-state index >= 15 is 0 Å². The maximum Gasteiger partial charge on any atom is 0.255 e. The molecule has 0 bridgehead atoms. The van der Waals surface area contributed by atoms with Crippen molar-refractivity contribution in [1.82, 2.24) is 4.90 Å². The van der Waals surface area contributed by atoms with Crippen molar-refractivity contribution >= 4 is 27.3 Å². The molecule has 2 heterocycles. The number of benzene rings is 1. The zero-order valence-electron chi connectivity index (χ0n) is 9.43. The third-order valence-corrected chi connectivity index (χ3v) is 4.19. The van der Waals surface area contributed by atoms with Crippen LogP contribution in [-0.4, -0.2) is 29.9 Å². The minimum atomic E-state index is 0.121. The summed E-state index contributed by atoms with van der Waals surface area (Å²) in [5, 5.41) is 3.01. The van der Waals surface area contributed by atoms with Crippen LogP contribution in [0.15, 0.2) is 29.6 Å². The Hall–Kier alpha value is -1.39. The average molecular weight is 246 g/mol. The number of rotatable bonds is 1. The number of likely N-dealkylation sites (tertiary alicyclic amines) is 1. The lowest BCUT2D eigenvalue weighted by Gasteiger charge is -2.15. The maximum absolute atomic E-state index is 12.3. The predicted molar refractivity (Wildman–Crippen MR) is 70.3 cm³/mol. The third-order valence-electron chi connectivity index (χ3n) is 3.22. The van der Waals surface area contributed by atoms with E-state index in [-0.39, 0.29) is 11.9 Å². The molecule has 0 aliphatic carbocycles. The molecule has 4 heteroatoms. The van der Waals surface area contributed by atoms with Crippen molar-refractivity contribution in [1.29, 1.82) is 0 Å². The molecule has 2 N–H and O–H groups in total. The molecule has 1 fully saturated rings. The van der Waals surface area contributed by atoms with E-state index in [1.165, 1.54) is 4.70 Å². The molecular weight excluding hydrogens is 232 g/mol. The summed E-state index contributed by atoms with van der Waals surface area (Å²) >= 11 is 1.62. The molecule has 3 rings (SSSR count). The Kier molecular flexibility index (Phi) is 2.61. The fourth-order valence-electron chi connectivity index (χ4n) is 2.29. The van der Waals surface area contributed by atoms with Crippen molar-refractivity contribution in [3.63, 3.8) is 0 Å². The van der Waals surface area contributed by atoms with Crippen LogP contribution >= 0.6 is 11.3 Å². The van der Waals surface area contributed by atoms with Crippen LogP contribution < -0.4 is 5.73 Å². The van der Waals surface area contributed by atoms with Gasteiger partial charge in [-0.25, -0.2) is 0 Å². The van der Waals surface area contributed by atoms with Gasteiger partial charge >= 0.3 is 0 Å². The summed E-state index contributed by atoms with van der Waals surface area (Å²) in [6.45, 7) is 1.47. The number of amides is 1. The minimum absolute atomic E-state index is 0.121. The first kappa shape index (κ1) is 10.7. The molecule has 1 atom stereocenters. The minimum Gasteiger partial charge on any atom is -0.337 e. The van der Waals surface area contributed by atoms with Crippen molar-refractivity contribution < 1.29 is 4.79 Å². The molecular formula is C13H14N2OS. The predicted octanol–water partition coefficient (Wildman–Crippen LogP) is 2.07.